The van der Waals surface area contributed by atoms with E-state index in [0.29, 0.717) is 47.5 Å². The van der Waals surface area contributed by atoms with Gasteiger partial charge < -0.3 is 37.9 Å². The molecule has 2 aliphatic carbocycles. The van der Waals surface area contributed by atoms with E-state index in [4.69, 9.17) is 64.6 Å². The molecule has 0 aromatic heterocycles. The highest BCUT2D eigenvalue weighted by molar-refractivity contribution is 7.93. The highest BCUT2D eigenvalue weighted by Crippen LogP contribution is 2.65. The fourth-order valence-electron chi connectivity index (χ4n) is 23.9. The van der Waals surface area contributed by atoms with Gasteiger partial charge in [0.15, 0.2) is 19.7 Å². The zero-order valence-corrected chi connectivity index (χ0v) is 68.4. The van der Waals surface area contributed by atoms with Crippen molar-refractivity contribution in [3.8, 4) is 12.1 Å². The average molecular weight is 1770 g/mol. The molecule has 22 aliphatic heterocycles. The van der Waals surface area contributed by atoms with Crippen LogP contribution in [-0.2, 0) is 148 Å². The Bertz CT molecular complexity index is 5010. The molecular weight excluding hydrogens is 1690 g/mol. The van der Waals surface area contributed by atoms with Crippen LogP contribution in [0.1, 0.15) is 107 Å². The first-order chi connectivity index (χ1) is 52.1. The summed E-state index contributed by atoms with van der Waals surface area (Å²) in [7, 11) is -27.7. The van der Waals surface area contributed by atoms with Gasteiger partial charge in [-0.25, -0.2) is 16.8 Å². The van der Waals surface area contributed by atoms with E-state index in [1.807, 2.05) is 39.8 Å². The number of halogens is 6. The second-order valence-electron chi connectivity index (χ2n) is 35.4. The lowest BCUT2D eigenvalue weighted by Gasteiger charge is -2.29. The number of carbonyl (C=O) groups is 1. The van der Waals surface area contributed by atoms with Crippen LogP contribution in [0.2, 0.25) is 0 Å². The summed E-state index contributed by atoms with van der Waals surface area (Å²) < 4.78 is 329. The number of rotatable bonds is 1. The molecule has 0 spiro atoms. The van der Waals surface area contributed by atoms with Gasteiger partial charge in [-0.1, -0.05) is 55.4 Å². The van der Waals surface area contributed by atoms with E-state index >= 15 is 0 Å². The third kappa shape index (κ3) is 11.0. The fourth-order valence-corrected chi connectivity index (χ4v) is 39.9. The van der Waals surface area contributed by atoms with Crippen LogP contribution in [0.5, 0.6) is 0 Å². The van der Waals surface area contributed by atoms with E-state index in [2.05, 4.69) is 22.8 Å². The van der Waals surface area contributed by atoms with Crippen molar-refractivity contribution < 1.29 is 161 Å². The molecule has 636 valence electrons. The van der Waals surface area contributed by atoms with Crippen molar-refractivity contribution in [1.82, 2.24) is 0 Å². The largest absolute Gasteiger partial charge is 0.468 e. The number of carbonyl (C=O) groups excluding carboxylic acids is 1. The predicted octanol–water partition coefficient (Wildman–Crippen LogP) is 1.92. The van der Waals surface area contributed by atoms with Crippen molar-refractivity contribution in [3.63, 3.8) is 0 Å². The van der Waals surface area contributed by atoms with Crippen molar-refractivity contribution in [2.45, 2.75) is 282 Å². The third-order valence-electron chi connectivity index (χ3n) is 30.3. The Morgan fingerprint density at radius 2 is 0.912 bits per heavy atom. The number of hydrogen-bond acceptors (Lipinski definition) is 33. The number of sulfone groups is 2. The molecular formula is C66H86F6N2O31S8. The standard InChI is InChI=1S/C9H12O6S.C9H14O2S.2C8H9F3O4S.2C8H9NO4S.C8H12O4S.C8H12O3S/c1-4-5-3-9(8(10)13-2)7(14-5)6(4)15-16(9,11)12;1-5-6-2-7-8(5)4-12(10,11)9(7)3-6;1-3-4-2-7(8(9,10)11)6(14-4)5(3)15-16(7,12)13;1-2-4-3(8(9,10)11)7-6(14-4)5(2)15-16(7,12)13;1-4-5-2-8(3-9)7(12-5)6(4)13-14(8,10)11;1-3-5-4(2-9)8-7(12-5)6(3)13-14(8,10)11;1-4-5-3-8(2)7(11-5)6(4)12-13(8,9)10;1-4-5-3-12(9,10)7-2-6(4)11-8(5)7/h4-7H,3H2,1-2H3;5-9H,2-4H2,1H3;3-6H,2H2,1H3;2-7H,1H3;4-7H,2H2,1H3;3-8H,1H3;4-7H,3H2,1-2H3;4-8H,2-3H2,1H3. The highest BCUT2D eigenvalue weighted by Gasteiger charge is 2.84. The molecule has 0 radical (unpaired) electrons. The summed E-state index contributed by atoms with van der Waals surface area (Å²) in [5, 5.41) is 15.5. The van der Waals surface area contributed by atoms with Crippen LogP contribution in [0.3, 0.4) is 0 Å². The van der Waals surface area contributed by atoms with Gasteiger partial charge in [0.25, 0.3) is 60.7 Å². The molecule has 16 bridgehead atoms. The summed E-state index contributed by atoms with van der Waals surface area (Å²) in [6, 6.07) is 3.90. The molecule has 22 saturated heterocycles. The highest BCUT2D eigenvalue weighted by atomic mass is 32.2. The minimum Gasteiger partial charge on any atom is -0.468 e. The first-order valence-electron chi connectivity index (χ1n) is 37.7. The molecule has 0 aromatic carbocycles. The van der Waals surface area contributed by atoms with Gasteiger partial charge in [-0.2, -0.15) is 87.4 Å². The van der Waals surface area contributed by atoms with Crippen LogP contribution < -0.4 is 0 Å². The summed E-state index contributed by atoms with van der Waals surface area (Å²) in [6.07, 6.45) is -15.6. The van der Waals surface area contributed by atoms with Crippen LogP contribution in [0.15, 0.2) is 0 Å². The molecule has 2 saturated carbocycles. The molecule has 47 heteroatoms. The lowest BCUT2D eigenvalue weighted by atomic mass is 9.80. The average Bonchev–Trinajstić information content (AvgIpc) is 1.55. The quantitative estimate of drug-likeness (QED) is 0.206. The predicted molar refractivity (Wildman–Crippen MR) is 365 cm³/mol. The molecule has 24 rings (SSSR count). The summed E-state index contributed by atoms with van der Waals surface area (Å²) in [5.74, 6) is 0.307. The fraction of sp³-hybridized carbons (Fsp3) is 0.955. The van der Waals surface area contributed by atoms with Gasteiger partial charge >= 0.3 is 18.3 Å². The Morgan fingerprint density at radius 1 is 0.425 bits per heavy atom. The topological polar surface area (TPSA) is 467 Å². The van der Waals surface area contributed by atoms with Crippen LogP contribution in [0.4, 0.5) is 26.3 Å². The third-order valence-corrected chi connectivity index (χ3v) is 46.1. The summed E-state index contributed by atoms with van der Waals surface area (Å²) in [5.41, 5.74) is 0. The zero-order chi connectivity index (χ0) is 82.2. The lowest BCUT2D eigenvalue weighted by Crippen LogP contribution is -2.56. The van der Waals surface area contributed by atoms with Gasteiger partial charge in [0.2, 0.25) is 14.2 Å². The monoisotopic (exact) mass is 1770 g/mol. The normalized spacial score (nSPS) is 56.5. The van der Waals surface area contributed by atoms with E-state index < -0.39 is 220 Å². The maximum absolute atomic E-state index is 13.0. The van der Waals surface area contributed by atoms with Gasteiger partial charge in [0.05, 0.1) is 96.0 Å². The molecule has 22 heterocycles. The second-order valence-corrected chi connectivity index (χ2v) is 50.9. The minimum absolute atomic E-state index is 0.0000520. The first-order valence-corrected chi connectivity index (χ1v) is 49.7. The SMILES string of the molecule is CC1C2CC3(C#N)C(O2)C1OS3(=O)=O.CC1C2CC3(C(F)(F)F)C(O2)C1OS3(=O)=O.CC1C2CC3(C)C(O2)C1OS3(=O)=O.CC1C2CC3C(O2)C1CS3(=O)=O.CC1C2CC3C1CS(=O)(=O)C3C2.CC1C2OC3C1OS(=O)(=O)C3C2C#N.CC1C2OS(=O)(=O)C3C2OC1C3C(F)(F)F.COC(=O)C12CC3OC1C(OS2(=O)=O)C3C. The van der Waals surface area contributed by atoms with E-state index in [0.717, 1.165) is 18.8 Å². The maximum atomic E-state index is 13.0. The van der Waals surface area contributed by atoms with Gasteiger partial charge in [0.1, 0.15) is 94.4 Å². The summed E-state index contributed by atoms with van der Waals surface area (Å²) >= 11 is 0. The molecule has 24 fully saturated rings. The van der Waals surface area contributed by atoms with Crippen LogP contribution in [0.25, 0.3) is 0 Å². The van der Waals surface area contributed by atoms with Crippen molar-refractivity contribution in [1.29, 1.82) is 10.5 Å². The summed E-state index contributed by atoms with van der Waals surface area (Å²) in [4.78, 5) is 11.7. The molecule has 24 aliphatic rings. The Labute approximate surface area is 649 Å². The molecule has 33 nitrogen and oxygen atoms in total. The Morgan fingerprint density at radius 3 is 1.43 bits per heavy atom. The Hall–Kier alpha value is -2.89. The number of ether oxygens (including phenoxy) is 8. The van der Waals surface area contributed by atoms with E-state index in [-0.39, 0.29) is 108 Å². The van der Waals surface area contributed by atoms with Crippen molar-refractivity contribution >= 4 is 86.4 Å². The number of fused-ring (bicyclic) bond motifs is 8. The molecule has 42 unspecified atom stereocenters. The van der Waals surface area contributed by atoms with Crippen LogP contribution in [-0.4, -0.2) is 266 Å². The number of alkyl halides is 6. The number of nitriles is 2. The summed E-state index contributed by atoms with van der Waals surface area (Å²) in [6.45, 7) is 16.9. The van der Waals surface area contributed by atoms with E-state index in [9.17, 15) is 98.5 Å². The molecule has 0 amide bonds. The Balaban J connectivity index is 0.0000000937. The second kappa shape index (κ2) is 25.6. The number of methoxy groups -OCH3 is 1. The Kier molecular flexibility index (Phi) is 18.7. The minimum atomic E-state index is -4.85. The lowest BCUT2D eigenvalue weighted by molar-refractivity contribution is -0.189. The molecule has 0 N–H and O–H groups in total. The number of esters is 1. The number of nitrogens with zero attached hydrogens (tertiary/aromatic N) is 2. The van der Waals surface area contributed by atoms with Crippen molar-refractivity contribution in [2.24, 2.45) is 82.9 Å². The van der Waals surface area contributed by atoms with Crippen molar-refractivity contribution in [3.05, 3.63) is 0 Å². The van der Waals surface area contributed by atoms with Crippen molar-refractivity contribution in [2.75, 3.05) is 18.6 Å². The molecule has 42 atom stereocenters. The van der Waals surface area contributed by atoms with Gasteiger partial charge in [-0.05, 0) is 62.2 Å². The molecule has 113 heavy (non-hydrogen) atoms. The smallest absolute Gasteiger partial charge is 0.413 e. The molecule has 0 aromatic rings. The van der Waals surface area contributed by atoms with Gasteiger partial charge in [0, 0.05) is 60.7 Å². The van der Waals surface area contributed by atoms with Gasteiger partial charge in [-0.3, -0.25) is 29.9 Å². The first kappa shape index (κ1) is 82.4. The van der Waals surface area contributed by atoms with E-state index in [1.54, 1.807) is 13.8 Å². The van der Waals surface area contributed by atoms with Crippen LogP contribution >= 0.6 is 0 Å². The zero-order valence-electron chi connectivity index (χ0n) is 61.9. The number of hydrogen-bond donors (Lipinski definition) is 0. The van der Waals surface area contributed by atoms with Crippen LogP contribution in [0, 0.1) is 106 Å². The van der Waals surface area contributed by atoms with Gasteiger partial charge in [-0.15, -0.1) is 0 Å². The van der Waals surface area contributed by atoms with E-state index in [1.165, 1.54) is 20.5 Å². The maximum Gasteiger partial charge on any atom is 0.413 e.